The summed E-state index contributed by atoms with van der Waals surface area (Å²) in [5, 5.41) is 6.85. The number of thiophene rings is 1. The summed E-state index contributed by atoms with van der Waals surface area (Å²) in [4.78, 5) is 49.4. The minimum atomic E-state index is -0.357. The van der Waals surface area contributed by atoms with Crippen molar-refractivity contribution < 1.29 is 19.1 Å². The average Bonchev–Trinajstić information content (AvgIpc) is 3.76. The largest absolute Gasteiger partial charge is 0.457 e. The van der Waals surface area contributed by atoms with Gasteiger partial charge in [0, 0.05) is 30.9 Å². The Morgan fingerprint density at radius 1 is 1.07 bits per heavy atom. The lowest BCUT2D eigenvalue weighted by atomic mass is 10.0. The van der Waals surface area contributed by atoms with E-state index in [1.54, 1.807) is 17.2 Å². The molecule has 0 radical (unpaired) electrons. The number of anilines is 3. The summed E-state index contributed by atoms with van der Waals surface area (Å²) in [5.74, 6) is 1.70. The number of aryl methyl sites for hydroxylation is 1. The van der Waals surface area contributed by atoms with E-state index < -0.39 is 0 Å². The van der Waals surface area contributed by atoms with Gasteiger partial charge in [0.25, 0.3) is 5.91 Å². The maximum atomic E-state index is 13.6. The van der Waals surface area contributed by atoms with Crippen LogP contribution in [0.3, 0.4) is 0 Å². The summed E-state index contributed by atoms with van der Waals surface area (Å²) in [5.41, 5.74) is 3.48. The minimum Gasteiger partial charge on any atom is -0.457 e. The van der Waals surface area contributed by atoms with Crippen molar-refractivity contribution in [2.45, 2.75) is 45.6 Å². The molecule has 0 spiro atoms. The standard InChI is InChI=1S/C34H33N5O4S/c1-20-18-25(43-24-8-4-3-5-9-24)12-13-26(20)39-27-14-15-35-32-28(27)29(37-34(39)42)30(44-32)31(40)36-23-7-6-16-38(19-23)33(41)21(2)17-22-10-11-22/h3-5,8-9,12-15,17-18,22-23H,6-7,10-11,16,19H2,1-2H3,(H,36,40)(H,37,42). The molecular formula is C34H33N5O4S. The van der Waals surface area contributed by atoms with E-state index in [4.69, 9.17) is 4.74 Å². The van der Waals surface area contributed by atoms with Crippen LogP contribution in [0.1, 0.15) is 47.8 Å². The number of amides is 4. The van der Waals surface area contributed by atoms with Gasteiger partial charge in [-0.1, -0.05) is 24.3 Å². The van der Waals surface area contributed by atoms with Crippen LogP contribution >= 0.6 is 11.3 Å². The van der Waals surface area contributed by atoms with Crippen LogP contribution in [0.15, 0.2) is 72.4 Å². The molecule has 2 aromatic heterocycles. The van der Waals surface area contributed by atoms with Gasteiger partial charge in [0.2, 0.25) is 5.91 Å². The number of pyridine rings is 1. The van der Waals surface area contributed by atoms with Crippen molar-refractivity contribution in [3.05, 3.63) is 82.9 Å². The van der Waals surface area contributed by atoms with Crippen molar-refractivity contribution in [2.24, 2.45) is 5.92 Å². The van der Waals surface area contributed by atoms with E-state index in [9.17, 15) is 14.4 Å². The Balaban J connectivity index is 1.12. The van der Waals surface area contributed by atoms with E-state index in [1.807, 2.05) is 67.3 Å². The molecule has 1 saturated carbocycles. The van der Waals surface area contributed by atoms with Crippen LogP contribution in [0.2, 0.25) is 0 Å². The Morgan fingerprint density at radius 2 is 1.89 bits per heavy atom. The third-order valence-corrected chi connectivity index (χ3v) is 9.43. The molecule has 2 fully saturated rings. The van der Waals surface area contributed by atoms with Crippen molar-refractivity contribution in [1.29, 1.82) is 0 Å². The third kappa shape index (κ3) is 5.41. The zero-order valence-electron chi connectivity index (χ0n) is 24.6. The number of carbonyl (C=O) groups is 3. The van der Waals surface area contributed by atoms with Crippen LogP contribution < -0.4 is 20.3 Å². The molecule has 44 heavy (non-hydrogen) atoms. The first-order chi connectivity index (χ1) is 21.4. The third-order valence-electron chi connectivity index (χ3n) is 8.33. The first kappa shape index (κ1) is 28.1. The number of benzene rings is 2. The Hall–Kier alpha value is -4.70. The number of hydrogen-bond donors (Lipinski definition) is 2. The summed E-state index contributed by atoms with van der Waals surface area (Å²) in [6, 6.07) is 16.4. The SMILES string of the molecule is CC(=CC1CC1)C(=O)N1CCCC(NC(=O)c2sc3nccc4c3c2NC(=O)N4c2ccc(Oc3ccccc3)cc2C)C1. The van der Waals surface area contributed by atoms with E-state index >= 15 is 0 Å². The molecule has 2 aromatic carbocycles. The van der Waals surface area contributed by atoms with Crippen LogP contribution in [0.25, 0.3) is 10.2 Å². The number of aromatic nitrogens is 1. The van der Waals surface area contributed by atoms with Crippen molar-refractivity contribution in [1.82, 2.24) is 15.2 Å². The fourth-order valence-corrected chi connectivity index (χ4v) is 7.04. The molecule has 4 amide bonds. The normalized spacial score (nSPS) is 18.3. The highest BCUT2D eigenvalue weighted by Gasteiger charge is 2.34. The van der Waals surface area contributed by atoms with Gasteiger partial charge in [0.05, 0.1) is 22.4 Å². The van der Waals surface area contributed by atoms with Gasteiger partial charge in [-0.05, 0) is 87.4 Å². The predicted molar refractivity (Wildman–Crippen MR) is 172 cm³/mol. The second-order valence-electron chi connectivity index (χ2n) is 11.7. The Labute approximate surface area is 259 Å². The molecular weight excluding hydrogens is 574 g/mol. The van der Waals surface area contributed by atoms with E-state index in [2.05, 4.69) is 21.7 Å². The number of nitrogens with one attached hydrogen (secondary N) is 2. The van der Waals surface area contributed by atoms with E-state index in [0.29, 0.717) is 51.5 Å². The van der Waals surface area contributed by atoms with E-state index in [-0.39, 0.29) is 23.9 Å². The van der Waals surface area contributed by atoms with E-state index in [1.165, 1.54) is 11.3 Å². The molecule has 4 heterocycles. The Bertz CT molecular complexity index is 1810. The average molecular weight is 608 g/mol. The van der Waals surface area contributed by atoms with Gasteiger partial charge in [-0.15, -0.1) is 11.3 Å². The Kier molecular flexibility index (Phi) is 7.29. The van der Waals surface area contributed by atoms with Gasteiger partial charge >= 0.3 is 6.03 Å². The number of urea groups is 1. The maximum Gasteiger partial charge on any atom is 0.331 e. The Morgan fingerprint density at radius 3 is 2.66 bits per heavy atom. The van der Waals surface area contributed by atoms with Crippen molar-refractivity contribution >= 4 is 56.5 Å². The highest BCUT2D eigenvalue weighted by atomic mass is 32.1. The van der Waals surface area contributed by atoms with Gasteiger partial charge in [-0.3, -0.25) is 14.5 Å². The zero-order chi connectivity index (χ0) is 30.4. The number of ether oxygens (including phenoxy) is 1. The highest BCUT2D eigenvalue weighted by Crippen LogP contribution is 2.46. The van der Waals surface area contributed by atoms with Crippen LogP contribution in [-0.4, -0.2) is 46.9 Å². The number of allylic oxidation sites excluding steroid dienone is 1. The molecule has 9 nitrogen and oxygen atoms in total. The topological polar surface area (TPSA) is 104 Å². The molecule has 2 N–H and O–H groups in total. The second kappa shape index (κ2) is 11.4. The van der Waals surface area contributed by atoms with Crippen LogP contribution in [0.4, 0.5) is 21.9 Å². The number of nitrogens with zero attached hydrogens (tertiary/aromatic N) is 3. The van der Waals surface area contributed by atoms with Gasteiger partial charge in [0.1, 0.15) is 21.2 Å². The molecule has 1 saturated heterocycles. The van der Waals surface area contributed by atoms with Gasteiger partial charge in [-0.2, -0.15) is 0 Å². The number of piperidine rings is 1. The fraction of sp³-hybridized carbons (Fsp3) is 0.294. The number of rotatable bonds is 7. The summed E-state index contributed by atoms with van der Waals surface area (Å²) in [6.07, 6.45) is 7.65. The lowest BCUT2D eigenvalue weighted by Gasteiger charge is -2.33. The van der Waals surface area contributed by atoms with Crippen LogP contribution in [0, 0.1) is 12.8 Å². The lowest BCUT2D eigenvalue weighted by Crippen LogP contribution is -2.49. The molecule has 1 atom stereocenters. The number of carbonyl (C=O) groups excluding carboxylic acids is 3. The van der Waals surface area contributed by atoms with Crippen molar-refractivity contribution in [3.8, 4) is 11.5 Å². The molecule has 224 valence electrons. The predicted octanol–water partition coefficient (Wildman–Crippen LogP) is 7.16. The maximum absolute atomic E-state index is 13.6. The first-order valence-corrected chi connectivity index (χ1v) is 15.8. The minimum absolute atomic E-state index is 0.0453. The summed E-state index contributed by atoms with van der Waals surface area (Å²) in [7, 11) is 0. The molecule has 0 bridgehead atoms. The number of para-hydroxylation sites is 1. The summed E-state index contributed by atoms with van der Waals surface area (Å²) >= 11 is 1.26. The lowest BCUT2D eigenvalue weighted by molar-refractivity contribution is -0.128. The highest BCUT2D eigenvalue weighted by molar-refractivity contribution is 7.21. The molecule has 1 aliphatic carbocycles. The van der Waals surface area contributed by atoms with Gasteiger partial charge < -0.3 is 20.3 Å². The van der Waals surface area contributed by atoms with Gasteiger partial charge in [0.15, 0.2) is 0 Å². The first-order valence-electron chi connectivity index (χ1n) is 15.0. The summed E-state index contributed by atoms with van der Waals surface area (Å²) in [6.45, 7) is 4.97. The second-order valence-corrected chi connectivity index (χ2v) is 12.7. The monoisotopic (exact) mass is 607 g/mol. The zero-order valence-corrected chi connectivity index (χ0v) is 25.4. The summed E-state index contributed by atoms with van der Waals surface area (Å²) < 4.78 is 5.99. The molecule has 4 aromatic rings. The number of hydrogen-bond acceptors (Lipinski definition) is 6. The quantitative estimate of drug-likeness (QED) is 0.217. The molecule has 1 unspecified atom stereocenters. The molecule has 7 rings (SSSR count). The van der Waals surface area contributed by atoms with Crippen LogP contribution in [0.5, 0.6) is 11.5 Å². The van der Waals surface area contributed by atoms with Crippen LogP contribution in [-0.2, 0) is 4.79 Å². The van der Waals surface area contributed by atoms with Crippen molar-refractivity contribution in [2.75, 3.05) is 23.3 Å². The van der Waals surface area contributed by atoms with Gasteiger partial charge in [-0.25, -0.2) is 9.78 Å². The molecule has 3 aliphatic rings. The van der Waals surface area contributed by atoms with Crippen molar-refractivity contribution in [3.63, 3.8) is 0 Å². The molecule has 10 heteroatoms. The molecule has 2 aliphatic heterocycles. The smallest absolute Gasteiger partial charge is 0.331 e. The number of likely N-dealkylation sites (tertiary alicyclic amines) is 1. The van der Waals surface area contributed by atoms with E-state index in [0.717, 1.165) is 48.0 Å². The fourth-order valence-electron chi connectivity index (χ4n) is 6.02.